The SMILES string of the molecule is CCCc1ccc(OCC(=O)Nc2c(C)cc(C)cc2Cl)cc1. The van der Waals surface area contributed by atoms with Crippen LogP contribution in [0.25, 0.3) is 0 Å². The molecule has 0 aromatic heterocycles. The number of hydrogen-bond donors (Lipinski definition) is 1. The average molecular weight is 332 g/mol. The van der Waals surface area contributed by atoms with Crippen molar-refractivity contribution >= 4 is 23.2 Å². The van der Waals surface area contributed by atoms with Gasteiger partial charge >= 0.3 is 0 Å². The van der Waals surface area contributed by atoms with E-state index in [1.165, 1.54) is 5.56 Å². The van der Waals surface area contributed by atoms with E-state index in [1.807, 2.05) is 50.2 Å². The van der Waals surface area contributed by atoms with Gasteiger partial charge in [0.2, 0.25) is 0 Å². The number of amides is 1. The summed E-state index contributed by atoms with van der Waals surface area (Å²) in [5, 5.41) is 3.35. The predicted octanol–water partition coefficient (Wildman–Crippen LogP) is 4.93. The van der Waals surface area contributed by atoms with Crippen LogP contribution in [-0.2, 0) is 11.2 Å². The van der Waals surface area contributed by atoms with E-state index in [-0.39, 0.29) is 12.5 Å². The minimum absolute atomic E-state index is 0.0449. The number of benzene rings is 2. The molecule has 0 spiro atoms. The first-order valence-corrected chi connectivity index (χ1v) is 8.15. The molecule has 3 nitrogen and oxygen atoms in total. The summed E-state index contributed by atoms with van der Waals surface area (Å²) in [4.78, 5) is 12.0. The summed E-state index contributed by atoms with van der Waals surface area (Å²) in [5.41, 5.74) is 3.91. The Balaban J connectivity index is 1.93. The third kappa shape index (κ3) is 5.00. The fraction of sp³-hybridized carbons (Fsp3) is 0.316. The quantitative estimate of drug-likeness (QED) is 0.815. The zero-order valence-corrected chi connectivity index (χ0v) is 14.5. The van der Waals surface area contributed by atoms with Crippen molar-refractivity contribution in [1.82, 2.24) is 0 Å². The fourth-order valence-corrected chi connectivity index (χ4v) is 2.81. The Hall–Kier alpha value is -2.00. The summed E-state index contributed by atoms with van der Waals surface area (Å²) >= 11 is 6.19. The number of hydrogen-bond acceptors (Lipinski definition) is 2. The normalized spacial score (nSPS) is 10.4. The van der Waals surface area contributed by atoms with Gasteiger partial charge in [-0.3, -0.25) is 4.79 Å². The smallest absolute Gasteiger partial charge is 0.262 e. The van der Waals surface area contributed by atoms with E-state index >= 15 is 0 Å². The van der Waals surface area contributed by atoms with Gasteiger partial charge in [-0.1, -0.05) is 43.1 Å². The third-order valence-corrected chi connectivity index (χ3v) is 3.83. The monoisotopic (exact) mass is 331 g/mol. The molecule has 2 aromatic rings. The molecule has 1 amide bonds. The van der Waals surface area contributed by atoms with Crippen molar-refractivity contribution in [1.29, 1.82) is 0 Å². The zero-order chi connectivity index (χ0) is 16.8. The molecule has 1 N–H and O–H groups in total. The highest BCUT2D eigenvalue weighted by molar-refractivity contribution is 6.34. The first-order chi connectivity index (χ1) is 11.0. The first-order valence-electron chi connectivity index (χ1n) is 7.78. The molecule has 0 radical (unpaired) electrons. The largest absolute Gasteiger partial charge is 0.484 e. The molecule has 0 saturated carbocycles. The maximum absolute atomic E-state index is 12.0. The Morgan fingerprint density at radius 2 is 1.87 bits per heavy atom. The van der Waals surface area contributed by atoms with Crippen LogP contribution in [0.4, 0.5) is 5.69 Å². The molecule has 23 heavy (non-hydrogen) atoms. The number of nitrogens with one attached hydrogen (secondary N) is 1. The Bertz CT molecular complexity index is 657. The van der Waals surface area contributed by atoms with Gasteiger partial charge < -0.3 is 10.1 Å². The van der Waals surface area contributed by atoms with Crippen molar-refractivity contribution in [3.8, 4) is 5.75 Å². The van der Waals surface area contributed by atoms with Crippen molar-refractivity contribution in [2.45, 2.75) is 33.6 Å². The minimum Gasteiger partial charge on any atom is -0.484 e. The van der Waals surface area contributed by atoms with Crippen LogP contribution in [0, 0.1) is 13.8 Å². The Morgan fingerprint density at radius 3 is 2.48 bits per heavy atom. The predicted molar refractivity (Wildman–Crippen MR) is 95.5 cm³/mol. The Labute approximate surface area is 142 Å². The molecule has 0 aliphatic carbocycles. The van der Waals surface area contributed by atoms with E-state index in [0.717, 1.165) is 24.0 Å². The molecular formula is C19H22ClNO2. The topological polar surface area (TPSA) is 38.3 Å². The maximum Gasteiger partial charge on any atom is 0.262 e. The highest BCUT2D eigenvalue weighted by Gasteiger charge is 2.10. The summed E-state index contributed by atoms with van der Waals surface area (Å²) in [5.74, 6) is 0.461. The molecule has 0 heterocycles. The van der Waals surface area contributed by atoms with Crippen molar-refractivity contribution in [3.05, 3.63) is 58.1 Å². The molecule has 0 fully saturated rings. The van der Waals surface area contributed by atoms with Crippen molar-refractivity contribution in [2.24, 2.45) is 0 Å². The second kappa shape index (κ2) is 8.02. The second-order valence-corrected chi connectivity index (χ2v) is 6.08. The molecule has 0 aliphatic heterocycles. The van der Waals surface area contributed by atoms with Gasteiger partial charge in [-0.15, -0.1) is 0 Å². The van der Waals surface area contributed by atoms with Gasteiger partial charge in [0, 0.05) is 0 Å². The van der Waals surface area contributed by atoms with E-state index in [0.29, 0.717) is 16.5 Å². The number of rotatable bonds is 6. The molecule has 0 aliphatic rings. The van der Waals surface area contributed by atoms with E-state index in [1.54, 1.807) is 0 Å². The lowest BCUT2D eigenvalue weighted by atomic mass is 10.1. The minimum atomic E-state index is -0.225. The number of carbonyl (C=O) groups is 1. The van der Waals surface area contributed by atoms with E-state index < -0.39 is 0 Å². The van der Waals surface area contributed by atoms with Gasteiger partial charge in [-0.05, 0) is 55.2 Å². The van der Waals surface area contributed by atoms with E-state index in [2.05, 4.69) is 12.2 Å². The number of ether oxygens (including phenoxy) is 1. The van der Waals surface area contributed by atoms with Crippen LogP contribution >= 0.6 is 11.6 Å². The summed E-state index contributed by atoms with van der Waals surface area (Å²) < 4.78 is 5.52. The fourth-order valence-electron chi connectivity index (χ4n) is 2.44. The molecule has 0 saturated heterocycles. The van der Waals surface area contributed by atoms with Gasteiger partial charge in [0.15, 0.2) is 6.61 Å². The molecule has 4 heteroatoms. The Morgan fingerprint density at radius 1 is 1.17 bits per heavy atom. The molecule has 0 atom stereocenters. The highest BCUT2D eigenvalue weighted by Crippen LogP contribution is 2.27. The summed E-state index contributed by atoms with van der Waals surface area (Å²) in [6.45, 7) is 5.99. The first kappa shape index (κ1) is 17.4. The van der Waals surface area contributed by atoms with Gasteiger partial charge in [0.05, 0.1) is 10.7 Å². The summed E-state index contributed by atoms with van der Waals surface area (Å²) in [6.07, 6.45) is 2.16. The molecular weight excluding hydrogens is 310 g/mol. The van der Waals surface area contributed by atoms with Crippen LogP contribution in [0.2, 0.25) is 5.02 Å². The van der Waals surface area contributed by atoms with Gasteiger partial charge in [-0.2, -0.15) is 0 Å². The molecule has 122 valence electrons. The van der Waals surface area contributed by atoms with Gasteiger partial charge in [-0.25, -0.2) is 0 Å². The van der Waals surface area contributed by atoms with Crippen LogP contribution in [0.1, 0.15) is 30.0 Å². The standard InChI is InChI=1S/C19H22ClNO2/c1-4-5-15-6-8-16(9-7-15)23-12-18(22)21-19-14(3)10-13(2)11-17(19)20/h6-11H,4-5,12H2,1-3H3,(H,21,22). The van der Waals surface area contributed by atoms with E-state index in [9.17, 15) is 4.79 Å². The molecule has 0 bridgehead atoms. The van der Waals surface area contributed by atoms with Crippen molar-refractivity contribution in [3.63, 3.8) is 0 Å². The van der Waals surface area contributed by atoms with Crippen LogP contribution < -0.4 is 10.1 Å². The highest BCUT2D eigenvalue weighted by atomic mass is 35.5. The number of halogens is 1. The third-order valence-electron chi connectivity index (χ3n) is 3.53. The lowest BCUT2D eigenvalue weighted by Gasteiger charge is -2.12. The lowest BCUT2D eigenvalue weighted by molar-refractivity contribution is -0.118. The van der Waals surface area contributed by atoms with Crippen molar-refractivity contribution < 1.29 is 9.53 Å². The zero-order valence-electron chi connectivity index (χ0n) is 13.8. The Kier molecular flexibility index (Phi) is 6.05. The van der Waals surface area contributed by atoms with Crippen LogP contribution in [0.5, 0.6) is 5.75 Å². The maximum atomic E-state index is 12.0. The molecule has 2 aromatic carbocycles. The van der Waals surface area contributed by atoms with Gasteiger partial charge in [0.25, 0.3) is 5.91 Å². The second-order valence-electron chi connectivity index (χ2n) is 5.67. The molecule has 2 rings (SSSR count). The number of anilines is 1. The van der Waals surface area contributed by atoms with Crippen LogP contribution in [-0.4, -0.2) is 12.5 Å². The van der Waals surface area contributed by atoms with Crippen LogP contribution in [0.15, 0.2) is 36.4 Å². The van der Waals surface area contributed by atoms with Gasteiger partial charge in [0.1, 0.15) is 5.75 Å². The number of aryl methyl sites for hydroxylation is 3. The van der Waals surface area contributed by atoms with Crippen molar-refractivity contribution in [2.75, 3.05) is 11.9 Å². The number of carbonyl (C=O) groups excluding carboxylic acids is 1. The average Bonchev–Trinajstić information content (AvgIpc) is 2.50. The van der Waals surface area contributed by atoms with Crippen LogP contribution in [0.3, 0.4) is 0 Å². The molecule has 0 unspecified atom stereocenters. The lowest BCUT2D eigenvalue weighted by Crippen LogP contribution is -2.21. The van der Waals surface area contributed by atoms with E-state index in [4.69, 9.17) is 16.3 Å². The summed E-state index contributed by atoms with van der Waals surface area (Å²) in [6, 6.07) is 11.6. The summed E-state index contributed by atoms with van der Waals surface area (Å²) in [7, 11) is 0.